The van der Waals surface area contributed by atoms with Crippen molar-refractivity contribution in [3.63, 3.8) is 0 Å². The number of aliphatic hydroxyl groups is 1. The predicted octanol–water partition coefficient (Wildman–Crippen LogP) is 2.17. The Morgan fingerprint density at radius 2 is 2.00 bits per heavy atom. The molecule has 0 saturated heterocycles. The zero-order valence-electron chi connectivity index (χ0n) is 10.4. The number of hydrogen-bond acceptors (Lipinski definition) is 2. The van der Waals surface area contributed by atoms with Crippen LogP contribution >= 0.6 is 0 Å². The van der Waals surface area contributed by atoms with E-state index in [0.717, 1.165) is 42.7 Å². The van der Waals surface area contributed by atoms with E-state index < -0.39 is 0 Å². The maximum atomic E-state index is 9.61. The predicted molar refractivity (Wildman–Crippen MR) is 65.1 cm³/mol. The van der Waals surface area contributed by atoms with E-state index in [1.165, 1.54) is 32.1 Å². The molecule has 3 saturated carbocycles. The molecule has 2 N–H and O–H groups in total. The van der Waals surface area contributed by atoms with Crippen molar-refractivity contribution < 1.29 is 5.11 Å². The Bertz CT molecular complexity index is 255. The normalized spacial score (nSPS) is 47.2. The molecule has 92 valence electrons. The number of aliphatic hydroxyl groups excluding tert-OH is 1. The quantitative estimate of drug-likeness (QED) is 0.765. The highest BCUT2D eigenvalue weighted by Gasteiger charge is 2.53. The van der Waals surface area contributed by atoms with E-state index in [1.807, 2.05) is 0 Å². The minimum absolute atomic E-state index is 0.140. The van der Waals surface area contributed by atoms with Crippen LogP contribution in [0.2, 0.25) is 0 Å². The first-order valence-corrected chi connectivity index (χ1v) is 7.21. The SMILES string of the molecule is CCC(O)CNC1CC2CC1C1CCCC21. The van der Waals surface area contributed by atoms with Gasteiger partial charge in [0.05, 0.1) is 6.10 Å². The summed E-state index contributed by atoms with van der Waals surface area (Å²) in [4.78, 5) is 0. The van der Waals surface area contributed by atoms with Gasteiger partial charge in [0.25, 0.3) is 0 Å². The second kappa shape index (κ2) is 4.30. The molecule has 2 heteroatoms. The number of rotatable bonds is 4. The molecule has 0 amide bonds. The zero-order valence-corrected chi connectivity index (χ0v) is 10.4. The van der Waals surface area contributed by atoms with Crippen LogP contribution in [-0.4, -0.2) is 23.8 Å². The lowest BCUT2D eigenvalue weighted by Crippen LogP contribution is -2.42. The van der Waals surface area contributed by atoms with E-state index in [1.54, 1.807) is 0 Å². The molecule has 0 aliphatic heterocycles. The molecule has 0 aromatic rings. The van der Waals surface area contributed by atoms with Gasteiger partial charge in [-0.25, -0.2) is 0 Å². The van der Waals surface area contributed by atoms with Gasteiger partial charge in [0.2, 0.25) is 0 Å². The van der Waals surface area contributed by atoms with Crippen molar-refractivity contribution in [3.05, 3.63) is 0 Å². The molecule has 0 radical (unpaired) electrons. The van der Waals surface area contributed by atoms with Crippen LogP contribution in [-0.2, 0) is 0 Å². The van der Waals surface area contributed by atoms with E-state index in [-0.39, 0.29) is 6.10 Å². The van der Waals surface area contributed by atoms with Crippen LogP contribution in [0.15, 0.2) is 0 Å². The van der Waals surface area contributed by atoms with Crippen LogP contribution in [0.1, 0.15) is 45.4 Å². The molecular weight excluding hydrogens is 198 g/mol. The van der Waals surface area contributed by atoms with Crippen LogP contribution in [0.5, 0.6) is 0 Å². The molecule has 3 aliphatic carbocycles. The van der Waals surface area contributed by atoms with E-state index in [2.05, 4.69) is 12.2 Å². The van der Waals surface area contributed by atoms with Crippen LogP contribution in [0, 0.1) is 23.7 Å². The zero-order chi connectivity index (χ0) is 11.1. The van der Waals surface area contributed by atoms with Crippen LogP contribution in [0.25, 0.3) is 0 Å². The monoisotopic (exact) mass is 223 g/mol. The first-order valence-electron chi connectivity index (χ1n) is 7.21. The van der Waals surface area contributed by atoms with Gasteiger partial charge in [-0.3, -0.25) is 0 Å². The highest BCUT2D eigenvalue weighted by atomic mass is 16.3. The van der Waals surface area contributed by atoms with E-state index in [0.29, 0.717) is 0 Å². The minimum atomic E-state index is -0.140. The lowest BCUT2D eigenvalue weighted by molar-refractivity contribution is 0.144. The fourth-order valence-electron chi connectivity index (χ4n) is 4.73. The largest absolute Gasteiger partial charge is 0.392 e. The van der Waals surface area contributed by atoms with E-state index in [4.69, 9.17) is 0 Å². The van der Waals surface area contributed by atoms with Crippen molar-refractivity contribution in [2.24, 2.45) is 23.7 Å². The molecule has 0 aromatic carbocycles. The smallest absolute Gasteiger partial charge is 0.0662 e. The Hall–Kier alpha value is -0.0800. The Balaban J connectivity index is 1.56. The second-order valence-corrected chi connectivity index (χ2v) is 6.23. The van der Waals surface area contributed by atoms with Crippen molar-refractivity contribution in [1.82, 2.24) is 5.32 Å². The summed E-state index contributed by atoms with van der Waals surface area (Å²) in [5, 5.41) is 13.2. The van der Waals surface area contributed by atoms with Crippen molar-refractivity contribution in [2.45, 2.75) is 57.6 Å². The van der Waals surface area contributed by atoms with Crippen LogP contribution in [0.3, 0.4) is 0 Å². The standard InChI is InChI=1S/C14H25NO/c1-2-10(16)8-15-14-7-9-6-13(14)12-5-3-4-11(9)12/h9-16H,2-8H2,1H3. The topological polar surface area (TPSA) is 32.3 Å². The maximum Gasteiger partial charge on any atom is 0.0662 e. The van der Waals surface area contributed by atoms with E-state index >= 15 is 0 Å². The lowest BCUT2D eigenvalue weighted by Gasteiger charge is -2.32. The van der Waals surface area contributed by atoms with Crippen LogP contribution < -0.4 is 5.32 Å². The minimum Gasteiger partial charge on any atom is -0.392 e. The Morgan fingerprint density at radius 1 is 1.19 bits per heavy atom. The molecule has 0 spiro atoms. The van der Waals surface area contributed by atoms with Crippen molar-refractivity contribution in [2.75, 3.05) is 6.54 Å². The van der Waals surface area contributed by atoms with Gasteiger partial charge in [-0.2, -0.15) is 0 Å². The van der Waals surface area contributed by atoms with Crippen molar-refractivity contribution in [3.8, 4) is 0 Å². The van der Waals surface area contributed by atoms with Gasteiger partial charge in [-0.1, -0.05) is 13.3 Å². The third-order valence-corrected chi connectivity index (χ3v) is 5.52. The van der Waals surface area contributed by atoms with Gasteiger partial charge in [-0.15, -0.1) is 0 Å². The molecule has 6 atom stereocenters. The fraction of sp³-hybridized carbons (Fsp3) is 1.00. The molecule has 0 aromatic heterocycles. The maximum absolute atomic E-state index is 9.61. The Morgan fingerprint density at radius 3 is 2.81 bits per heavy atom. The van der Waals surface area contributed by atoms with Crippen molar-refractivity contribution >= 4 is 0 Å². The first kappa shape index (κ1) is 11.0. The first-order chi connectivity index (χ1) is 7.79. The highest BCUT2D eigenvalue weighted by molar-refractivity contribution is 5.05. The van der Waals surface area contributed by atoms with Gasteiger partial charge in [0.1, 0.15) is 0 Å². The number of hydrogen-bond donors (Lipinski definition) is 2. The molecule has 2 bridgehead atoms. The van der Waals surface area contributed by atoms with Gasteiger partial charge in [0, 0.05) is 12.6 Å². The molecule has 0 heterocycles. The lowest BCUT2D eigenvalue weighted by atomic mass is 9.79. The summed E-state index contributed by atoms with van der Waals surface area (Å²) in [7, 11) is 0. The second-order valence-electron chi connectivity index (χ2n) is 6.23. The average molecular weight is 223 g/mol. The molecule has 2 nitrogen and oxygen atoms in total. The Kier molecular flexibility index (Phi) is 2.97. The molecule has 16 heavy (non-hydrogen) atoms. The summed E-state index contributed by atoms with van der Waals surface area (Å²) < 4.78 is 0. The summed E-state index contributed by atoms with van der Waals surface area (Å²) in [6, 6.07) is 0.727. The molecule has 3 aliphatic rings. The summed E-state index contributed by atoms with van der Waals surface area (Å²) >= 11 is 0. The molecular formula is C14H25NO. The fourth-order valence-corrected chi connectivity index (χ4v) is 4.73. The third kappa shape index (κ3) is 1.70. The van der Waals surface area contributed by atoms with Gasteiger partial charge in [-0.05, 0) is 55.8 Å². The summed E-state index contributed by atoms with van der Waals surface area (Å²) in [6.07, 6.45) is 8.08. The molecule has 3 rings (SSSR count). The summed E-state index contributed by atoms with van der Waals surface area (Å²) in [5.41, 5.74) is 0. The number of fused-ring (bicyclic) bond motifs is 5. The highest BCUT2D eigenvalue weighted by Crippen LogP contribution is 2.58. The average Bonchev–Trinajstić information content (AvgIpc) is 2.96. The van der Waals surface area contributed by atoms with E-state index in [9.17, 15) is 5.11 Å². The number of nitrogens with one attached hydrogen (secondary N) is 1. The van der Waals surface area contributed by atoms with Gasteiger partial charge in [0.15, 0.2) is 0 Å². The summed E-state index contributed by atoms with van der Waals surface area (Å²) in [6.45, 7) is 2.86. The Labute approximate surface area is 98.8 Å². The van der Waals surface area contributed by atoms with Crippen molar-refractivity contribution in [1.29, 1.82) is 0 Å². The van der Waals surface area contributed by atoms with Crippen LogP contribution in [0.4, 0.5) is 0 Å². The summed E-state index contributed by atoms with van der Waals surface area (Å²) in [5.74, 6) is 4.09. The van der Waals surface area contributed by atoms with Gasteiger partial charge < -0.3 is 10.4 Å². The molecule has 3 fully saturated rings. The van der Waals surface area contributed by atoms with Gasteiger partial charge >= 0.3 is 0 Å². The third-order valence-electron chi connectivity index (χ3n) is 5.52. The molecule has 6 unspecified atom stereocenters.